The van der Waals surface area contributed by atoms with Crippen LogP contribution in [0.4, 0.5) is 5.69 Å². The second-order valence-corrected chi connectivity index (χ2v) is 3.59. The zero-order valence-electron chi connectivity index (χ0n) is 8.79. The van der Waals surface area contributed by atoms with E-state index in [9.17, 15) is 0 Å². The summed E-state index contributed by atoms with van der Waals surface area (Å²) < 4.78 is 7.05. The Morgan fingerprint density at radius 3 is 2.94 bits per heavy atom. The molecule has 0 spiro atoms. The average molecular weight is 224 g/mol. The van der Waals surface area contributed by atoms with Crippen molar-refractivity contribution >= 4 is 11.2 Å². The predicted molar refractivity (Wildman–Crippen MR) is 62.0 cm³/mol. The minimum atomic E-state index is 0.358. The SMILES string of the molecule is N#Cc1nc(-c2ccco2)n2cc(N)ccc12. The maximum absolute atomic E-state index is 9.03. The van der Waals surface area contributed by atoms with Crippen molar-refractivity contribution in [1.29, 1.82) is 5.26 Å². The predicted octanol–water partition coefficient (Wildman–Crippen LogP) is 2.05. The van der Waals surface area contributed by atoms with E-state index in [0.29, 0.717) is 28.5 Å². The highest BCUT2D eigenvalue weighted by Crippen LogP contribution is 2.23. The fraction of sp³-hybridized carbons (Fsp3) is 0. The summed E-state index contributed by atoms with van der Waals surface area (Å²) in [4.78, 5) is 4.24. The normalized spacial score (nSPS) is 10.5. The first-order valence-corrected chi connectivity index (χ1v) is 5.01. The van der Waals surface area contributed by atoms with Gasteiger partial charge >= 0.3 is 0 Å². The number of nitrogen functional groups attached to an aromatic ring is 1. The lowest BCUT2D eigenvalue weighted by atomic mass is 10.3. The first-order chi connectivity index (χ1) is 8.29. The number of rotatable bonds is 1. The topological polar surface area (TPSA) is 80.2 Å². The first kappa shape index (κ1) is 9.48. The van der Waals surface area contributed by atoms with Crippen LogP contribution in [0.2, 0.25) is 0 Å². The Hall–Kier alpha value is -2.74. The van der Waals surface area contributed by atoms with E-state index in [1.54, 1.807) is 41.1 Å². The number of nitrogens with zero attached hydrogens (tertiary/aromatic N) is 3. The molecular formula is C12H8N4O. The molecule has 0 radical (unpaired) electrons. The average Bonchev–Trinajstić information content (AvgIpc) is 2.94. The van der Waals surface area contributed by atoms with Gasteiger partial charge in [-0.1, -0.05) is 0 Å². The second kappa shape index (κ2) is 3.39. The van der Waals surface area contributed by atoms with Crippen LogP contribution >= 0.6 is 0 Å². The van der Waals surface area contributed by atoms with Gasteiger partial charge in [-0.2, -0.15) is 5.26 Å². The monoisotopic (exact) mass is 224 g/mol. The minimum absolute atomic E-state index is 0.358. The lowest BCUT2D eigenvalue weighted by Gasteiger charge is -1.99. The van der Waals surface area contributed by atoms with Gasteiger partial charge in [-0.3, -0.25) is 4.40 Å². The van der Waals surface area contributed by atoms with E-state index in [2.05, 4.69) is 11.1 Å². The maximum atomic E-state index is 9.03. The largest absolute Gasteiger partial charge is 0.461 e. The summed E-state index contributed by atoms with van der Waals surface area (Å²) >= 11 is 0. The molecule has 0 fully saturated rings. The molecule has 0 unspecified atom stereocenters. The van der Waals surface area contributed by atoms with Crippen molar-refractivity contribution in [3.05, 3.63) is 42.4 Å². The molecule has 0 aromatic carbocycles. The number of nitrogens with two attached hydrogens (primary N) is 1. The molecule has 0 bridgehead atoms. The van der Waals surface area contributed by atoms with E-state index in [1.807, 2.05) is 0 Å². The van der Waals surface area contributed by atoms with Crippen LogP contribution in [0.15, 0.2) is 41.1 Å². The number of pyridine rings is 1. The third-order valence-electron chi connectivity index (χ3n) is 2.51. The van der Waals surface area contributed by atoms with Gasteiger partial charge in [0, 0.05) is 11.9 Å². The van der Waals surface area contributed by atoms with Gasteiger partial charge in [-0.25, -0.2) is 4.98 Å². The summed E-state index contributed by atoms with van der Waals surface area (Å²) in [6.45, 7) is 0. The molecule has 0 aliphatic rings. The van der Waals surface area contributed by atoms with Crippen LogP contribution in [0.1, 0.15) is 5.69 Å². The van der Waals surface area contributed by atoms with E-state index in [-0.39, 0.29) is 0 Å². The molecule has 3 rings (SSSR count). The number of anilines is 1. The van der Waals surface area contributed by atoms with Gasteiger partial charge < -0.3 is 10.2 Å². The Morgan fingerprint density at radius 1 is 1.35 bits per heavy atom. The number of fused-ring (bicyclic) bond motifs is 1. The van der Waals surface area contributed by atoms with Crippen molar-refractivity contribution in [3.8, 4) is 17.7 Å². The van der Waals surface area contributed by atoms with Gasteiger partial charge in [0.05, 0.1) is 11.8 Å². The van der Waals surface area contributed by atoms with E-state index in [4.69, 9.17) is 15.4 Å². The number of aromatic nitrogens is 2. The van der Waals surface area contributed by atoms with E-state index in [1.165, 1.54) is 0 Å². The maximum Gasteiger partial charge on any atom is 0.182 e. The Kier molecular flexibility index (Phi) is 1.89. The standard InChI is InChI=1S/C12H8N4O/c13-6-9-10-4-3-8(14)7-16(10)12(15-9)11-2-1-5-17-11/h1-5,7H,14H2. The van der Waals surface area contributed by atoms with E-state index in [0.717, 1.165) is 0 Å². The highest BCUT2D eigenvalue weighted by molar-refractivity contribution is 5.67. The summed E-state index contributed by atoms with van der Waals surface area (Å²) in [6, 6.07) is 9.13. The molecule has 0 saturated heterocycles. The molecule has 3 heterocycles. The molecule has 0 atom stereocenters. The van der Waals surface area contributed by atoms with Gasteiger partial charge in [0.25, 0.3) is 0 Å². The zero-order chi connectivity index (χ0) is 11.8. The molecular weight excluding hydrogens is 216 g/mol. The van der Waals surface area contributed by atoms with Gasteiger partial charge in [0.2, 0.25) is 0 Å². The molecule has 3 aromatic heterocycles. The van der Waals surface area contributed by atoms with Crippen molar-refractivity contribution in [2.45, 2.75) is 0 Å². The van der Waals surface area contributed by atoms with Crippen LogP contribution in [0.5, 0.6) is 0 Å². The van der Waals surface area contributed by atoms with Crippen molar-refractivity contribution in [2.75, 3.05) is 5.73 Å². The Labute approximate surface area is 96.7 Å². The fourth-order valence-electron chi connectivity index (χ4n) is 1.76. The molecule has 0 aliphatic heterocycles. The van der Waals surface area contributed by atoms with Crippen molar-refractivity contribution in [2.24, 2.45) is 0 Å². The van der Waals surface area contributed by atoms with Crippen LogP contribution in [0, 0.1) is 11.3 Å². The number of hydrogen-bond donors (Lipinski definition) is 1. The molecule has 0 amide bonds. The summed E-state index contributed by atoms with van der Waals surface area (Å²) in [5.41, 5.74) is 7.41. The molecule has 2 N–H and O–H groups in total. The molecule has 0 saturated carbocycles. The van der Waals surface area contributed by atoms with E-state index >= 15 is 0 Å². The molecule has 82 valence electrons. The number of furan rings is 1. The number of hydrogen-bond acceptors (Lipinski definition) is 4. The highest BCUT2D eigenvalue weighted by Gasteiger charge is 2.14. The van der Waals surface area contributed by atoms with Crippen molar-refractivity contribution < 1.29 is 4.42 Å². The highest BCUT2D eigenvalue weighted by atomic mass is 16.3. The van der Waals surface area contributed by atoms with Crippen LogP contribution in [-0.2, 0) is 0 Å². The third-order valence-corrected chi connectivity index (χ3v) is 2.51. The smallest absolute Gasteiger partial charge is 0.182 e. The lowest BCUT2D eigenvalue weighted by Crippen LogP contribution is -1.92. The Bertz CT molecular complexity index is 719. The van der Waals surface area contributed by atoms with Crippen LogP contribution in [-0.4, -0.2) is 9.38 Å². The summed E-state index contributed by atoms with van der Waals surface area (Å²) in [5, 5.41) is 9.03. The van der Waals surface area contributed by atoms with Gasteiger partial charge in [-0.05, 0) is 24.3 Å². The van der Waals surface area contributed by atoms with E-state index < -0.39 is 0 Å². The van der Waals surface area contributed by atoms with Crippen LogP contribution in [0.25, 0.3) is 17.1 Å². The number of imidazole rings is 1. The minimum Gasteiger partial charge on any atom is -0.461 e. The Balaban J connectivity index is 2.39. The number of nitriles is 1. The zero-order valence-corrected chi connectivity index (χ0v) is 8.79. The molecule has 17 heavy (non-hydrogen) atoms. The molecule has 3 aromatic rings. The second-order valence-electron chi connectivity index (χ2n) is 3.59. The lowest BCUT2D eigenvalue weighted by molar-refractivity contribution is 0.577. The summed E-state index contributed by atoms with van der Waals surface area (Å²) in [7, 11) is 0. The van der Waals surface area contributed by atoms with Crippen molar-refractivity contribution in [1.82, 2.24) is 9.38 Å². The first-order valence-electron chi connectivity index (χ1n) is 5.01. The van der Waals surface area contributed by atoms with Crippen LogP contribution in [0.3, 0.4) is 0 Å². The van der Waals surface area contributed by atoms with Crippen LogP contribution < -0.4 is 5.73 Å². The summed E-state index contributed by atoms with van der Waals surface area (Å²) in [6.07, 6.45) is 3.29. The van der Waals surface area contributed by atoms with Gasteiger partial charge in [0.1, 0.15) is 6.07 Å². The molecule has 5 heteroatoms. The quantitative estimate of drug-likeness (QED) is 0.685. The summed E-state index contributed by atoms with van der Waals surface area (Å²) in [5.74, 6) is 1.18. The molecule has 5 nitrogen and oxygen atoms in total. The third kappa shape index (κ3) is 1.35. The van der Waals surface area contributed by atoms with Gasteiger partial charge in [-0.15, -0.1) is 0 Å². The fourth-order valence-corrected chi connectivity index (χ4v) is 1.76. The van der Waals surface area contributed by atoms with Crippen molar-refractivity contribution in [3.63, 3.8) is 0 Å². The molecule has 0 aliphatic carbocycles. The Morgan fingerprint density at radius 2 is 2.24 bits per heavy atom. The van der Waals surface area contributed by atoms with Gasteiger partial charge in [0.15, 0.2) is 17.3 Å².